The number of sulfonamides is 1. The van der Waals surface area contributed by atoms with E-state index in [0.717, 1.165) is 4.31 Å². The van der Waals surface area contributed by atoms with Gasteiger partial charge in [-0.1, -0.05) is 35.9 Å². The van der Waals surface area contributed by atoms with Crippen molar-refractivity contribution in [2.45, 2.75) is 11.4 Å². The van der Waals surface area contributed by atoms with Crippen molar-refractivity contribution in [1.29, 1.82) is 0 Å². The third-order valence-electron chi connectivity index (χ3n) is 5.83. The Balaban J connectivity index is 1.81. The number of carboxylic acid groups (broad SMARTS) is 1. The topological polar surface area (TPSA) is 121 Å². The number of methoxy groups -OCH3 is 2. The van der Waals surface area contributed by atoms with Gasteiger partial charge in [0.25, 0.3) is 10.0 Å². The Morgan fingerprint density at radius 2 is 1.70 bits per heavy atom. The molecule has 0 fully saturated rings. The van der Waals surface area contributed by atoms with Crippen molar-refractivity contribution in [2.24, 2.45) is 0 Å². The molecule has 0 aromatic heterocycles. The maximum Gasteiger partial charge on any atom is 0.512 e. The first-order valence-electron chi connectivity index (χ1n) is 10.8. The van der Waals surface area contributed by atoms with Crippen LogP contribution in [0.3, 0.4) is 0 Å². The van der Waals surface area contributed by atoms with Crippen LogP contribution in [0.25, 0.3) is 5.57 Å². The predicted molar refractivity (Wildman–Crippen MR) is 131 cm³/mol. The van der Waals surface area contributed by atoms with Gasteiger partial charge in [0.15, 0.2) is 11.5 Å². The number of hydrogen-bond donors (Lipinski definition) is 1. The molecular weight excluding hydrogens is 526 g/mol. The summed E-state index contributed by atoms with van der Waals surface area (Å²) in [5.74, 6) is 0.969. The second-order valence-electron chi connectivity index (χ2n) is 7.93. The smallest absolute Gasteiger partial charge is 0.496 e. The number of rotatable bonds is 6. The number of fused-ring (bicyclic) bond motifs is 2. The van der Waals surface area contributed by atoms with Crippen LogP contribution in [0, 0.1) is 0 Å². The zero-order valence-electron chi connectivity index (χ0n) is 19.6. The van der Waals surface area contributed by atoms with Crippen LogP contribution < -0.4 is 18.9 Å². The summed E-state index contributed by atoms with van der Waals surface area (Å²) >= 11 is 6.24. The number of nitrogens with zero attached hydrogens (tertiary/aromatic N) is 1. The monoisotopic (exact) mass is 545 g/mol. The van der Waals surface area contributed by atoms with Crippen LogP contribution in [0.1, 0.15) is 16.7 Å². The Labute approximate surface area is 217 Å². The van der Waals surface area contributed by atoms with Crippen LogP contribution in [-0.4, -0.2) is 45.0 Å². The Morgan fingerprint density at radius 3 is 2.38 bits per heavy atom. The van der Waals surface area contributed by atoms with E-state index in [0.29, 0.717) is 22.1 Å². The molecule has 192 valence electrons. The van der Waals surface area contributed by atoms with Crippen LogP contribution in [0.4, 0.5) is 4.79 Å². The lowest BCUT2D eigenvalue weighted by molar-refractivity contribution is 0.101. The van der Waals surface area contributed by atoms with Gasteiger partial charge in [-0.3, -0.25) is 0 Å². The minimum Gasteiger partial charge on any atom is -0.496 e. The molecule has 0 bridgehead atoms. The highest BCUT2D eigenvalue weighted by atomic mass is 35.5. The summed E-state index contributed by atoms with van der Waals surface area (Å²) in [5.41, 5.74) is 1.12. The molecule has 0 radical (unpaired) electrons. The number of hydrogen-bond acceptors (Lipinski definition) is 8. The summed E-state index contributed by atoms with van der Waals surface area (Å²) in [4.78, 5) is 11.8. The third-order valence-corrected chi connectivity index (χ3v) is 7.84. The van der Waals surface area contributed by atoms with Crippen LogP contribution >= 0.6 is 11.6 Å². The first-order valence-corrected chi connectivity index (χ1v) is 12.6. The zero-order valence-corrected chi connectivity index (χ0v) is 21.1. The van der Waals surface area contributed by atoms with E-state index in [1.165, 1.54) is 32.4 Å². The zero-order chi connectivity index (χ0) is 26.3. The van der Waals surface area contributed by atoms with Gasteiger partial charge in [-0.2, -0.15) is 0 Å². The lowest BCUT2D eigenvalue weighted by Gasteiger charge is -2.33. The van der Waals surface area contributed by atoms with Gasteiger partial charge in [0, 0.05) is 10.6 Å². The Kier molecular flexibility index (Phi) is 6.26. The average Bonchev–Trinajstić information content (AvgIpc) is 3.34. The molecule has 2 aliphatic heterocycles. The standard InChI is InChI=1S/C25H20ClNO9S/c1-32-19-10-15(26)11-20(33-2)23(19)22-16-5-3-4-6-21(16)37(30,31)27(24(22)36-25(28)29)12-14-7-8-17-18(9-14)35-13-34-17/h3-11H,12-13H2,1-2H3,(H,28,29). The summed E-state index contributed by atoms with van der Waals surface area (Å²) in [6.07, 6.45) is -1.70. The van der Waals surface area contributed by atoms with Gasteiger partial charge in [0.2, 0.25) is 12.7 Å². The van der Waals surface area contributed by atoms with Gasteiger partial charge >= 0.3 is 6.16 Å². The first-order chi connectivity index (χ1) is 17.7. The molecule has 0 saturated heterocycles. The molecule has 2 aliphatic rings. The van der Waals surface area contributed by atoms with E-state index < -0.39 is 22.1 Å². The molecule has 10 nitrogen and oxygen atoms in total. The fraction of sp³-hybridized carbons (Fsp3) is 0.160. The summed E-state index contributed by atoms with van der Waals surface area (Å²) in [6.45, 7) is -0.223. The lowest BCUT2D eigenvalue weighted by atomic mass is 9.95. The highest BCUT2D eigenvalue weighted by Gasteiger charge is 2.41. The van der Waals surface area contributed by atoms with E-state index >= 15 is 0 Å². The highest BCUT2D eigenvalue weighted by Crippen LogP contribution is 2.48. The molecule has 5 rings (SSSR count). The van der Waals surface area contributed by atoms with Crippen molar-refractivity contribution in [3.8, 4) is 23.0 Å². The summed E-state index contributed by atoms with van der Waals surface area (Å²) in [5, 5.41) is 9.96. The number of ether oxygens (including phenoxy) is 5. The largest absolute Gasteiger partial charge is 0.512 e. The van der Waals surface area contributed by atoms with E-state index in [9.17, 15) is 18.3 Å². The van der Waals surface area contributed by atoms with Crippen molar-refractivity contribution in [3.63, 3.8) is 0 Å². The van der Waals surface area contributed by atoms with Gasteiger partial charge in [0.05, 0.1) is 36.8 Å². The van der Waals surface area contributed by atoms with Gasteiger partial charge in [-0.15, -0.1) is 0 Å². The second kappa shape index (κ2) is 9.41. The quantitative estimate of drug-likeness (QED) is 0.439. The molecule has 0 amide bonds. The molecule has 0 spiro atoms. The lowest BCUT2D eigenvalue weighted by Crippen LogP contribution is -2.36. The average molecular weight is 546 g/mol. The summed E-state index contributed by atoms with van der Waals surface area (Å²) in [7, 11) is -1.46. The van der Waals surface area contributed by atoms with Crippen LogP contribution in [0.2, 0.25) is 5.02 Å². The normalized spacial score (nSPS) is 15.3. The fourth-order valence-electron chi connectivity index (χ4n) is 4.28. The third kappa shape index (κ3) is 4.25. The first kappa shape index (κ1) is 24.6. The van der Waals surface area contributed by atoms with Gasteiger partial charge < -0.3 is 28.8 Å². The number of halogens is 1. The Morgan fingerprint density at radius 1 is 1.03 bits per heavy atom. The summed E-state index contributed by atoms with van der Waals surface area (Å²) < 4.78 is 55.6. The molecule has 0 atom stereocenters. The molecule has 0 saturated carbocycles. The molecule has 0 aliphatic carbocycles. The summed E-state index contributed by atoms with van der Waals surface area (Å²) in [6, 6.07) is 14.2. The van der Waals surface area contributed by atoms with Crippen molar-refractivity contribution < 1.29 is 42.0 Å². The molecular formula is C25H20ClNO9S. The SMILES string of the molecule is COc1cc(Cl)cc(OC)c1C1=C(OC(=O)O)N(Cc2ccc3c(c2)OCO3)S(=O)(=O)c2ccccc21. The predicted octanol–water partition coefficient (Wildman–Crippen LogP) is 4.70. The van der Waals surface area contributed by atoms with E-state index in [1.807, 2.05) is 0 Å². The number of benzene rings is 3. The van der Waals surface area contributed by atoms with Gasteiger partial charge in [0.1, 0.15) is 11.5 Å². The molecule has 0 unspecified atom stereocenters. The molecule has 1 N–H and O–H groups in total. The molecule has 3 aromatic rings. The van der Waals surface area contributed by atoms with Crippen LogP contribution in [0.15, 0.2) is 65.4 Å². The Hall–Kier alpha value is -4.09. The molecule has 2 heterocycles. The molecule has 3 aromatic carbocycles. The maximum absolute atomic E-state index is 13.9. The number of carbonyl (C=O) groups is 1. The van der Waals surface area contributed by atoms with E-state index in [-0.39, 0.29) is 46.4 Å². The Bertz CT molecular complexity index is 1530. The van der Waals surface area contributed by atoms with Crippen LogP contribution in [0.5, 0.6) is 23.0 Å². The molecule has 12 heteroatoms. The second-order valence-corrected chi connectivity index (χ2v) is 10.2. The van der Waals surface area contributed by atoms with E-state index in [1.54, 1.807) is 36.4 Å². The van der Waals surface area contributed by atoms with Gasteiger partial charge in [-0.25, -0.2) is 17.5 Å². The van der Waals surface area contributed by atoms with Gasteiger partial charge in [-0.05, 0) is 35.9 Å². The van der Waals surface area contributed by atoms with Crippen molar-refractivity contribution in [3.05, 3.63) is 82.2 Å². The van der Waals surface area contributed by atoms with Crippen molar-refractivity contribution in [2.75, 3.05) is 21.0 Å². The minimum atomic E-state index is -4.27. The van der Waals surface area contributed by atoms with Crippen molar-refractivity contribution in [1.82, 2.24) is 4.31 Å². The minimum absolute atomic E-state index is 0.0434. The maximum atomic E-state index is 13.9. The molecule has 37 heavy (non-hydrogen) atoms. The van der Waals surface area contributed by atoms with E-state index in [2.05, 4.69) is 0 Å². The fourth-order valence-corrected chi connectivity index (χ4v) is 6.08. The van der Waals surface area contributed by atoms with Crippen LogP contribution in [-0.2, 0) is 21.3 Å². The highest BCUT2D eigenvalue weighted by molar-refractivity contribution is 7.89. The van der Waals surface area contributed by atoms with Crippen molar-refractivity contribution >= 4 is 33.4 Å². The van der Waals surface area contributed by atoms with E-state index in [4.69, 9.17) is 35.3 Å².